The van der Waals surface area contributed by atoms with Gasteiger partial charge < -0.3 is 19.9 Å². The van der Waals surface area contributed by atoms with Gasteiger partial charge >= 0.3 is 0 Å². The third-order valence-corrected chi connectivity index (χ3v) is 6.71. The van der Waals surface area contributed by atoms with Gasteiger partial charge in [0.05, 0.1) is 10.6 Å². The maximum atomic E-state index is 13.1. The van der Waals surface area contributed by atoms with Crippen LogP contribution < -0.4 is 14.8 Å². The number of carbonyl (C=O) groups excluding carboxylic acids is 1. The molecule has 0 radical (unpaired) electrons. The fourth-order valence-electron chi connectivity index (χ4n) is 3.94. The predicted octanol–water partition coefficient (Wildman–Crippen LogP) is 4.65. The van der Waals surface area contributed by atoms with E-state index in [9.17, 15) is 14.3 Å². The summed E-state index contributed by atoms with van der Waals surface area (Å²) in [5.74, 6) is 0.706. The number of rotatable bonds is 9. The van der Waals surface area contributed by atoms with Crippen LogP contribution in [-0.2, 0) is 0 Å². The molecule has 0 spiro atoms. The standard InChI is InChI=1S/C26H29FN2O4S/c1-17-3-8-23(28-26(31)25-18(2)10-12-34-25)24(13-17)32-16-20(30)14-29-11-9-22(15-29)33-21-6-4-19(27)5-7-21/h3-8,10,12-13,20,22,30H,9,11,14-16H2,1-2H3,(H,28,31). The predicted molar refractivity (Wildman–Crippen MR) is 132 cm³/mol. The molecule has 2 atom stereocenters. The number of anilines is 1. The van der Waals surface area contributed by atoms with E-state index in [1.54, 1.807) is 12.1 Å². The van der Waals surface area contributed by atoms with Crippen LogP contribution in [-0.4, -0.2) is 54.4 Å². The van der Waals surface area contributed by atoms with Crippen molar-refractivity contribution in [2.75, 3.05) is 31.6 Å². The minimum Gasteiger partial charge on any atom is -0.489 e. The van der Waals surface area contributed by atoms with Crippen LogP contribution in [0.2, 0.25) is 0 Å². The van der Waals surface area contributed by atoms with E-state index in [0.29, 0.717) is 35.2 Å². The molecule has 2 aromatic carbocycles. The van der Waals surface area contributed by atoms with Crippen molar-refractivity contribution in [1.29, 1.82) is 0 Å². The molecule has 1 saturated heterocycles. The zero-order valence-electron chi connectivity index (χ0n) is 19.3. The number of β-amino-alcohol motifs (C(OH)–C–C–N with tert-alkyl or cyclic N) is 1. The van der Waals surface area contributed by atoms with Gasteiger partial charge in [0.1, 0.15) is 36.1 Å². The summed E-state index contributed by atoms with van der Waals surface area (Å²) >= 11 is 1.40. The topological polar surface area (TPSA) is 71.0 Å². The van der Waals surface area contributed by atoms with E-state index in [2.05, 4.69) is 10.2 Å². The van der Waals surface area contributed by atoms with Crippen LogP contribution in [0.15, 0.2) is 53.9 Å². The number of carbonyl (C=O) groups is 1. The van der Waals surface area contributed by atoms with E-state index in [1.807, 2.05) is 43.5 Å². The summed E-state index contributed by atoms with van der Waals surface area (Å²) in [7, 11) is 0. The van der Waals surface area contributed by atoms with Crippen molar-refractivity contribution in [3.63, 3.8) is 0 Å². The molecular weight excluding hydrogens is 455 g/mol. The molecule has 1 amide bonds. The van der Waals surface area contributed by atoms with Gasteiger partial charge in [0.15, 0.2) is 0 Å². The Labute approximate surface area is 202 Å². The maximum absolute atomic E-state index is 13.1. The average molecular weight is 485 g/mol. The first-order valence-corrected chi connectivity index (χ1v) is 12.2. The molecule has 1 aliphatic heterocycles. The van der Waals surface area contributed by atoms with Gasteiger partial charge in [-0.2, -0.15) is 0 Å². The van der Waals surface area contributed by atoms with Crippen LogP contribution in [0.3, 0.4) is 0 Å². The smallest absolute Gasteiger partial charge is 0.266 e. The quantitative estimate of drug-likeness (QED) is 0.463. The minimum atomic E-state index is -0.701. The molecule has 3 aromatic rings. The van der Waals surface area contributed by atoms with Crippen molar-refractivity contribution in [3.8, 4) is 11.5 Å². The molecule has 0 aliphatic carbocycles. The summed E-state index contributed by atoms with van der Waals surface area (Å²) in [5.41, 5.74) is 2.50. The Bertz CT molecular complexity index is 1120. The van der Waals surface area contributed by atoms with Crippen LogP contribution in [0.4, 0.5) is 10.1 Å². The van der Waals surface area contributed by atoms with Gasteiger partial charge in [0, 0.05) is 19.6 Å². The van der Waals surface area contributed by atoms with Crippen LogP contribution in [0.1, 0.15) is 27.2 Å². The van der Waals surface area contributed by atoms with Crippen molar-refractivity contribution in [2.45, 2.75) is 32.5 Å². The van der Waals surface area contributed by atoms with Gasteiger partial charge in [-0.15, -0.1) is 11.3 Å². The number of thiophene rings is 1. The lowest BCUT2D eigenvalue weighted by molar-refractivity contribution is 0.0722. The number of amides is 1. The Balaban J connectivity index is 1.28. The Morgan fingerprint density at radius 1 is 1.24 bits per heavy atom. The number of halogens is 1. The first kappa shape index (κ1) is 24.2. The number of hydrogen-bond donors (Lipinski definition) is 2. The van der Waals surface area contributed by atoms with Crippen molar-refractivity contribution < 1.29 is 23.8 Å². The summed E-state index contributed by atoms with van der Waals surface area (Å²) in [6.45, 7) is 5.89. The summed E-state index contributed by atoms with van der Waals surface area (Å²) in [6, 6.07) is 13.5. The van der Waals surface area contributed by atoms with E-state index >= 15 is 0 Å². The molecule has 34 heavy (non-hydrogen) atoms. The number of nitrogens with zero attached hydrogens (tertiary/aromatic N) is 1. The number of aliphatic hydroxyl groups excluding tert-OH is 1. The first-order chi connectivity index (χ1) is 16.4. The highest BCUT2D eigenvalue weighted by molar-refractivity contribution is 7.12. The maximum Gasteiger partial charge on any atom is 0.266 e. The number of ether oxygens (including phenoxy) is 2. The Morgan fingerprint density at radius 2 is 2.03 bits per heavy atom. The fourth-order valence-corrected chi connectivity index (χ4v) is 4.76. The zero-order valence-corrected chi connectivity index (χ0v) is 20.1. The highest BCUT2D eigenvalue weighted by atomic mass is 32.1. The molecule has 0 bridgehead atoms. The first-order valence-electron chi connectivity index (χ1n) is 11.3. The van der Waals surface area contributed by atoms with E-state index in [0.717, 1.165) is 24.1 Å². The Morgan fingerprint density at radius 3 is 2.76 bits per heavy atom. The third-order valence-electron chi connectivity index (χ3n) is 5.70. The van der Waals surface area contributed by atoms with E-state index in [4.69, 9.17) is 9.47 Å². The van der Waals surface area contributed by atoms with E-state index in [-0.39, 0.29) is 24.4 Å². The molecule has 8 heteroatoms. The van der Waals surface area contributed by atoms with Gasteiger partial charge in [0.25, 0.3) is 5.91 Å². The Hall–Kier alpha value is -2.94. The number of nitrogens with one attached hydrogen (secondary N) is 1. The van der Waals surface area contributed by atoms with Gasteiger partial charge in [-0.25, -0.2) is 4.39 Å². The molecular formula is C26H29FN2O4S. The lowest BCUT2D eigenvalue weighted by Crippen LogP contribution is -2.35. The molecule has 0 saturated carbocycles. The van der Waals surface area contributed by atoms with Gasteiger partial charge in [-0.05, 0) is 79.2 Å². The molecule has 2 unspecified atom stereocenters. The number of hydrogen-bond acceptors (Lipinski definition) is 6. The Kier molecular flexibility index (Phi) is 7.82. The lowest BCUT2D eigenvalue weighted by atomic mass is 10.2. The van der Waals surface area contributed by atoms with Crippen molar-refractivity contribution in [3.05, 3.63) is 75.7 Å². The monoisotopic (exact) mass is 484 g/mol. The van der Waals surface area contributed by atoms with E-state index in [1.165, 1.54) is 23.5 Å². The molecule has 1 fully saturated rings. The van der Waals surface area contributed by atoms with Crippen LogP contribution in [0.5, 0.6) is 11.5 Å². The fraction of sp³-hybridized carbons (Fsp3) is 0.346. The normalized spacial score (nSPS) is 16.9. The summed E-state index contributed by atoms with van der Waals surface area (Å²) in [6.07, 6.45) is 0.132. The largest absolute Gasteiger partial charge is 0.489 e. The second kappa shape index (κ2) is 11.0. The number of aliphatic hydroxyl groups is 1. The summed E-state index contributed by atoms with van der Waals surface area (Å²) < 4.78 is 24.9. The molecule has 1 aliphatic rings. The highest BCUT2D eigenvalue weighted by Gasteiger charge is 2.26. The summed E-state index contributed by atoms with van der Waals surface area (Å²) in [4.78, 5) is 15.4. The molecule has 2 heterocycles. The average Bonchev–Trinajstić information content (AvgIpc) is 3.44. The van der Waals surface area contributed by atoms with E-state index < -0.39 is 6.10 Å². The third kappa shape index (κ3) is 6.34. The second-order valence-corrected chi connectivity index (χ2v) is 9.51. The summed E-state index contributed by atoms with van der Waals surface area (Å²) in [5, 5.41) is 15.4. The molecule has 1 aromatic heterocycles. The second-order valence-electron chi connectivity index (χ2n) is 8.59. The molecule has 2 N–H and O–H groups in total. The molecule has 4 rings (SSSR count). The molecule has 180 valence electrons. The van der Waals surface area contributed by atoms with Gasteiger partial charge in [-0.1, -0.05) is 6.07 Å². The lowest BCUT2D eigenvalue weighted by Gasteiger charge is -2.21. The van der Waals surface area contributed by atoms with Gasteiger partial charge in [0.2, 0.25) is 0 Å². The number of aryl methyl sites for hydroxylation is 2. The zero-order chi connectivity index (χ0) is 24.1. The van der Waals surface area contributed by atoms with Crippen molar-refractivity contribution in [2.24, 2.45) is 0 Å². The SMILES string of the molecule is Cc1ccc(NC(=O)c2sccc2C)c(OCC(O)CN2CCC(Oc3ccc(F)cc3)C2)c1. The highest BCUT2D eigenvalue weighted by Crippen LogP contribution is 2.28. The van der Waals surface area contributed by atoms with Crippen LogP contribution in [0.25, 0.3) is 0 Å². The van der Waals surface area contributed by atoms with Crippen LogP contribution in [0, 0.1) is 19.7 Å². The molecule has 6 nitrogen and oxygen atoms in total. The number of likely N-dealkylation sites (tertiary alicyclic amines) is 1. The van der Waals surface area contributed by atoms with Crippen LogP contribution >= 0.6 is 11.3 Å². The number of benzene rings is 2. The van der Waals surface area contributed by atoms with Crippen molar-refractivity contribution >= 4 is 22.9 Å². The van der Waals surface area contributed by atoms with Crippen molar-refractivity contribution in [1.82, 2.24) is 4.90 Å². The van der Waals surface area contributed by atoms with Gasteiger partial charge in [-0.3, -0.25) is 9.69 Å². The minimum absolute atomic E-state index is 0.00197.